The van der Waals surface area contributed by atoms with Gasteiger partial charge in [-0.15, -0.1) is 0 Å². The summed E-state index contributed by atoms with van der Waals surface area (Å²) in [5.41, 5.74) is 0. The molecule has 3 fully saturated rings. The maximum atomic E-state index is 11.7. The van der Waals surface area contributed by atoms with E-state index in [1.54, 1.807) is 0 Å². The van der Waals surface area contributed by atoms with Crippen molar-refractivity contribution in [3.8, 4) is 0 Å². The molecule has 17 heavy (non-hydrogen) atoms. The van der Waals surface area contributed by atoms with Gasteiger partial charge in [-0.1, -0.05) is 6.58 Å². The molecule has 5 unspecified atom stereocenters. The molecule has 2 heteroatoms. The third-order valence-electron chi connectivity index (χ3n) is 5.72. The van der Waals surface area contributed by atoms with Crippen molar-refractivity contribution < 1.29 is 4.79 Å². The summed E-state index contributed by atoms with van der Waals surface area (Å²) in [6, 6.07) is 0.473. The van der Waals surface area contributed by atoms with Gasteiger partial charge in [0, 0.05) is 13.1 Å². The Morgan fingerprint density at radius 2 is 1.82 bits per heavy atom. The number of hydrogen-bond donors (Lipinski definition) is 0. The van der Waals surface area contributed by atoms with Crippen LogP contribution in [0.1, 0.15) is 38.5 Å². The van der Waals surface area contributed by atoms with E-state index >= 15 is 0 Å². The highest BCUT2D eigenvalue weighted by Gasteiger charge is 2.49. The lowest BCUT2D eigenvalue weighted by molar-refractivity contribution is -0.128. The van der Waals surface area contributed by atoms with Gasteiger partial charge in [0.1, 0.15) is 0 Å². The Balaban J connectivity index is 1.68. The third kappa shape index (κ3) is 1.73. The van der Waals surface area contributed by atoms with E-state index < -0.39 is 0 Å². The van der Waals surface area contributed by atoms with Gasteiger partial charge in [-0.3, -0.25) is 4.79 Å². The molecule has 0 aromatic rings. The van der Waals surface area contributed by atoms with Gasteiger partial charge in [0.2, 0.25) is 5.91 Å². The molecule has 3 aliphatic rings. The zero-order chi connectivity index (χ0) is 12.0. The Morgan fingerprint density at radius 1 is 1.12 bits per heavy atom. The summed E-state index contributed by atoms with van der Waals surface area (Å²) < 4.78 is 0. The van der Waals surface area contributed by atoms with Gasteiger partial charge in [-0.2, -0.15) is 0 Å². The summed E-state index contributed by atoms with van der Waals surface area (Å²) in [5, 5.41) is 0. The Bertz CT molecular complexity index is 338. The van der Waals surface area contributed by atoms with Crippen molar-refractivity contribution in [1.29, 1.82) is 0 Å². The van der Waals surface area contributed by atoms with Crippen LogP contribution in [0.15, 0.2) is 12.7 Å². The lowest BCUT2D eigenvalue weighted by Crippen LogP contribution is -2.42. The Labute approximate surface area is 104 Å². The summed E-state index contributed by atoms with van der Waals surface area (Å²) in [7, 11) is 1.95. The fourth-order valence-electron chi connectivity index (χ4n) is 4.84. The molecule has 0 saturated heterocycles. The molecular weight excluding hydrogens is 210 g/mol. The van der Waals surface area contributed by atoms with E-state index in [4.69, 9.17) is 0 Å². The summed E-state index contributed by atoms with van der Waals surface area (Å²) in [4.78, 5) is 13.6. The quantitative estimate of drug-likeness (QED) is 0.672. The van der Waals surface area contributed by atoms with E-state index in [2.05, 4.69) is 6.58 Å². The highest BCUT2D eigenvalue weighted by atomic mass is 16.2. The lowest BCUT2D eigenvalue weighted by Gasteiger charge is -2.41. The van der Waals surface area contributed by atoms with Crippen LogP contribution in [0.3, 0.4) is 0 Å². The maximum Gasteiger partial charge on any atom is 0.245 e. The number of amides is 1. The molecule has 5 atom stereocenters. The number of likely N-dealkylation sites (N-methyl/N-ethyl adjacent to an activating group) is 1. The van der Waals surface area contributed by atoms with E-state index in [0.29, 0.717) is 6.04 Å². The van der Waals surface area contributed by atoms with Crippen LogP contribution in [0.2, 0.25) is 0 Å². The molecule has 0 N–H and O–H groups in total. The number of carbonyl (C=O) groups is 1. The first-order valence-electron chi connectivity index (χ1n) is 7.10. The number of carbonyl (C=O) groups excluding carboxylic acids is 1. The number of nitrogens with zero attached hydrogens (tertiary/aromatic N) is 1. The minimum Gasteiger partial charge on any atom is -0.339 e. The normalized spacial score (nSPS) is 43.2. The summed E-state index contributed by atoms with van der Waals surface area (Å²) in [5.74, 6) is 4.03. The molecule has 0 radical (unpaired) electrons. The minimum atomic E-state index is 0.0941. The van der Waals surface area contributed by atoms with Crippen LogP contribution in [0.4, 0.5) is 0 Å². The van der Waals surface area contributed by atoms with Crippen LogP contribution in [-0.4, -0.2) is 23.9 Å². The van der Waals surface area contributed by atoms with E-state index in [-0.39, 0.29) is 5.91 Å². The first-order valence-corrected chi connectivity index (χ1v) is 7.10. The summed E-state index contributed by atoms with van der Waals surface area (Å²) in [6.07, 6.45) is 9.69. The van der Waals surface area contributed by atoms with E-state index in [0.717, 1.165) is 23.7 Å². The zero-order valence-corrected chi connectivity index (χ0v) is 10.8. The highest BCUT2D eigenvalue weighted by molar-refractivity contribution is 5.87. The standard InChI is InChI=1S/C15H23NO/c1-3-15(17)16(2)12-6-7-13-10-4-5-11(8-10)14(13)9-12/h3,10-14H,1,4-9H2,2H3. The molecule has 0 heterocycles. The number of hydrogen-bond acceptors (Lipinski definition) is 1. The lowest BCUT2D eigenvalue weighted by atomic mass is 9.69. The summed E-state index contributed by atoms with van der Waals surface area (Å²) >= 11 is 0. The second-order valence-electron chi connectivity index (χ2n) is 6.28. The third-order valence-corrected chi connectivity index (χ3v) is 5.72. The van der Waals surface area contributed by atoms with Crippen molar-refractivity contribution >= 4 is 5.91 Å². The molecule has 0 spiro atoms. The van der Waals surface area contributed by atoms with Gasteiger partial charge >= 0.3 is 0 Å². The van der Waals surface area contributed by atoms with Gasteiger partial charge in [-0.25, -0.2) is 0 Å². The fraction of sp³-hybridized carbons (Fsp3) is 0.800. The molecule has 94 valence electrons. The van der Waals surface area contributed by atoms with Gasteiger partial charge < -0.3 is 4.90 Å². The number of fused-ring (bicyclic) bond motifs is 5. The van der Waals surface area contributed by atoms with Gasteiger partial charge in [0.05, 0.1) is 0 Å². The molecule has 3 rings (SSSR count). The molecule has 3 aliphatic carbocycles. The first kappa shape index (κ1) is 11.3. The predicted octanol–water partition coefficient (Wildman–Crippen LogP) is 2.85. The van der Waals surface area contributed by atoms with Gasteiger partial charge in [0.25, 0.3) is 0 Å². The van der Waals surface area contributed by atoms with Crippen LogP contribution in [0.5, 0.6) is 0 Å². The second kappa shape index (κ2) is 4.15. The van der Waals surface area contributed by atoms with Crippen molar-refractivity contribution in [2.75, 3.05) is 7.05 Å². The monoisotopic (exact) mass is 233 g/mol. The maximum absolute atomic E-state index is 11.7. The van der Waals surface area contributed by atoms with E-state index in [1.807, 2.05) is 11.9 Å². The smallest absolute Gasteiger partial charge is 0.245 e. The van der Waals surface area contributed by atoms with Crippen molar-refractivity contribution in [1.82, 2.24) is 4.90 Å². The van der Waals surface area contributed by atoms with Crippen LogP contribution < -0.4 is 0 Å². The Hall–Kier alpha value is -0.790. The Kier molecular flexibility index (Phi) is 2.76. The van der Waals surface area contributed by atoms with Crippen molar-refractivity contribution in [3.63, 3.8) is 0 Å². The predicted molar refractivity (Wildman–Crippen MR) is 68.4 cm³/mol. The molecule has 2 bridgehead atoms. The second-order valence-corrected chi connectivity index (χ2v) is 6.28. The molecule has 2 nitrogen and oxygen atoms in total. The van der Waals surface area contributed by atoms with Crippen molar-refractivity contribution in [3.05, 3.63) is 12.7 Å². The zero-order valence-electron chi connectivity index (χ0n) is 10.8. The molecule has 3 saturated carbocycles. The van der Waals surface area contributed by atoms with Gasteiger partial charge in [-0.05, 0) is 68.3 Å². The topological polar surface area (TPSA) is 20.3 Å². The highest BCUT2D eigenvalue weighted by Crippen LogP contribution is 2.57. The van der Waals surface area contributed by atoms with Crippen LogP contribution in [0.25, 0.3) is 0 Å². The van der Waals surface area contributed by atoms with Crippen LogP contribution >= 0.6 is 0 Å². The van der Waals surface area contributed by atoms with E-state index in [1.165, 1.54) is 44.6 Å². The summed E-state index contributed by atoms with van der Waals surface area (Å²) in [6.45, 7) is 3.59. The van der Waals surface area contributed by atoms with Crippen LogP contribution in [-0.2, 0) is 4.79 Å². The average molecular weight is 233 g/mol. The Morgan fingerprint density at radius 3 is 2.53 bits per heavy atom. The van der Waals surface area contributed by atoms with Crippen LogP contribution in [0, 0.1) is 23.7 Å². The van der Waals surface area contributed by atoms with Crippen molar-refractivity contribution in [2.45, 2.75) is 44.6 Å². The molecule has 0 aromatic heterocycles. The first-order chi connectivity index (χ1) is 8.20. The van der Waals surface area contributed by atoms with Gasteiger partial charge in [0.15, 0.2) is 0 Å². The SMILES string of the molecule is C=CC(=O)N(C)C1CCC2C3CCC(C3)C2C1. The largest absolute Gasteiger partial charge is 0.339 e. The molecule has 0 aromatic carbocycles. The van der Waals surface area contributed by atoms with E-state index in [9.17, 15) is 4.79 Å². The molecule has 0 aliphatic heterocycles. The van der Waals surface area contributed by atoms with Crippen molar-refractivity contribution in [2.24, 2.45) is 23.7 Å². The molecule has 1 amide bonds. The fourth-order valence-corrected chi connectivity index (χ4v) is 4.84. The number of rotatable bonds is 2. The molecular formula is C15H23NO. The average Bonchev–Trinajstić information content (AvgIpc) is 2.98. The minimum absolute atomic E-state index is 0.0941.